The predicted octanol–water partition coefficient (Wildman–Crippen LogP) is 2.53. The number of benzene rings is 1. The summed E-state index contributed by atoms with van der Waals surface area (Å²) in [7, 11) is 0. The average Bonchev–Trinajstić information content (AvgIpc) is 3.16. The van der Waals surface area contributed by atoms with Crippen LogP contribution in [-0.2, 0) is 24.2 Å². The molecule has 3 aromatic rings. The van der Waals surface area contributed by atoms with E-state index in [0.717, 1.165) is 35.9 Å². The van der Waals surface area contributed by atoms with Gasteiger partial charge in [0.1, 0.15) is 12.3 Å². The summed E-state index contributed by atoms with van der Waals surface area (Å²) >= 11 is 1.53. The molecule has 1 aromatic carbocycles. The van der Waals surface area contributed by atoms with E-state index in [1.165, 1.54) is 21.1 Å². The molecule has 1 aliphatic heterocycles. The summed E-state index contributed by atoms with van der Waals surface area (Å²) in [6, 6.07) is 4.91. The lowest BCUT2D eigenvalue weighted by Crippen LogP contribution is -2.39. The number of anilines is 1. The van der Waals surface area contributed by atoms with Crippen molar-refractivity contribution < 1.29 is 14.3 Å². The SMILES string of the molecule is C=CCN1C(=O)COc2ccc(C(=O)Cn3nnc4sc5c(c4c3=O)CCCC5)cc21. The van der Waals surface area contributed by atoms with Gasteiger partial charge in [0, 0.05) is 17.0 Å². The smallest absolute Gasteiger partial charge is 0.279 e. The molecule has 1 amide bonds. The highest BCUT2D eigenvalue weighted by molar-refractivity contribution is 7.18. The maximum atomic E-state index is 13.1. The van der Waals surface area contributed by atoms with Crippen molar-refractivity contribution in [3.63, 3.8) is 0 Å². The van der Waals surface area contributed by atoms with Gasteiger partial charge >= 0.3 is 0 Å². The first-order valence-electron chi connectivity index (χ1n) is 10.2. The van der Waals surface area contributed by atoms with Crippen molar-refractivity contribution in [3.8, 4) is 5.75 Å². The van der Waals surface area contributed by atoms with Gasteiger partial charge in [-0.05, 0) is 49.4 Å². The third-order valence-corrected chi connectivity index (χ3v) is 6.85. The van der Waals surface area contributed by atoms with E-state index < -0.39 is 0 Å². The molecule has 0 bridgehead atoms. The van der Waals surface area contributed by atoms with Crippen molar-refractivity contribution in [2.24, 2.45) is 0 Å². The Bertz CT molecular complexity index is 1290. The summed E-state index contributed by atoms with van der Waals surface area (Å²) in [5.74, 6) is 0.0345. The van der Waals surface area contributed by atoms with Crippen LogP contribution < -0.4 is 15.2 Å². The van der Waals surface area contributed by atoms with Gasteiger partial charge in [0.15, 0.2) is 17.2 Å². The van der Waals surface area contributed by atoms with Crippen molar-refractivity contribution in [1.82, 2.24) is 15.0 Å². The first-order valence-corrected chi connectivity index (χ1v) is 11.0. The van der Waals surface area contributed by atoms with Crippen LogP contribution in [0, 0.1) is 0 Å². The molecular weight excluding hydrogens is 416 g/mol. The second kappa shape index (κ2) is 7.73. The number of fused-ring (bicyclic) bond motifs is 4. The molecule has 0 atom stereocenters. The number of ketones is 1. The third kappa shape index (κ3) is 3.34. The fraction of sp³-hybridized carbons (Fsp3) is 0.318. The molecule has 5 rings (SSSR count). The van der Waals surface area contributed by atoms with E-state index >= 15 is 0 Å². The van der Waals surface area contributed by atoms with Gasteiger partial charge in [-0.3, -0.25) is 14.4 Å². The molecule has 3 heterocycles. The van der Waals surface area contributed by atoms with Crippen LogP contribution in [0.5, 0.6) is 5.75 Å². The minimum absolute atomic E-state index is 0.0515. The summed E-state index contributed by atoms with van der Waals surface area (Å²) in [4.78, 5) is 41.6. The molecule has 158 valence electrons. The summed E-state index contributed by atoms with van der Waals surface area (Å²) < 4.78 is 6.60. The van der Waals surface area contributed by atoms with Crippen molar-refractivity contribution in [3.05, 3.63) is 57.2 Å². The molecule has 0 unspecified atom stereocenters. The third-order valence-electron chi connectivity index (χ3n) is 5.67. The largest absolute Gasteiger partial charge is 0.482 e. The Morgan fingerprint density at radius 1 is 1.26 bits per heavy atom. The molecule has 0 spiro atoms. The molecule has 31 heavy (non-hydrogen) atoms. The minimum Gasteiger partial charge on any atom is -0.482 e. The summed E-state index contributed by atoms with van der Waals surface area (Å²) in [6.07, 6.45) is 5.62. The van der Waals surface area contributed by atoms with Gasteiger partial charge in [0.25, 0.3) is 11.5 Å². The number of hydrogen-bond donors (Lipinski definition) is 0. The highest BCUT2D eigenvalue weighted by Crippen LogP contribution is 2.34. The number of nitrogens with zero attached hydrogens (tertiary/aromatic N) is 4. The number of aryl methyl sites for hydroxylation is 2. The Morgan fingerprint density at radius 3 is 2.94 bits per heavy atom. The van der Waals surface area contributed by atoms with Crippen LogP contribution in [0.3, 0.4) is 0 Å². The van der Waals surface area contributed by atoms with Crippen molar-refractivity contribution in [2.75, 3.05) is 18.1 Å². The van der Waals surface area contributed by atoms with Gasteiger partial charge in [-0.15, -0.1) is 23.0 Å². The van der Waals surface area contributed by atoms with E-state index in [1.807, 2.05) is 0 Å². The van der Waals surface area contributed by atoms with E-state index in [0.29, 0.717) is 33.8 Å². The highest BCUT2D eigenvalue weighted by atomic mass is 32.1. The van der Waals surface area contributed by atoms with Crippen LogP contribution in [0.4, 0.5) is 5.69 Å². The second-order valence-electron chi connectivity index (χ2n) is 7.63. The molecule has 2 aromatic heterocycles. The Kier molecular flexibility index (Phi) is 4.90. The maximum absolute atomic E-state index is 13.1. The molecule has 0 N–H and O–H groups in total. The van der Waals surface area contributed by atoms with Gasteiger partial charge < -0.3 is 9.64 Å². The van der Waals surface area contributed by atoms with Gasteiger partial charge in [0.2, 0.25) is 0 Å². The monoisotopic (exact) mass is 436 g/mol. The second-order valence-corrected chi connectivity index (χ2v) is 8.71. The zero-order valence-corrected chi connectivity index (χ0v) is 17.6. The Labute approximate surface area is 181 Å². The van der Waals surface area contributed by atoms with Crippen LogP contribution in [0.25, 0.3) is 10.2 Å². The minimum atomic E-state index is -0.292. The number of ether oxygens (including phenoxy) is 1. The summed E-state index contributed by atoms with van der Waals surface area (Å²) in [6.45, 7) is 3.73. The molecular formula is C22H20N4O4S. The van der Waals surface area contributed by atoms with E-state index in [2.05, 4.69) is 16.9 Å². The van der Waals surface area contributed by atoms with E-state index in [4.69, 9.17) is 4.74 Å². The average molecular weight is 436 g/mol. The van der Waals surface area contributed by atoms with Gasteiger partial charge in [-0.2, -0.15) is 0 Å². The van der Waals surface area contributed by atoms with Gasteiger partial charge in [0.05, 0.1) is 11.1 Å². The number of aromatic nitrogens is 3. The number of hydrogen-bond acceptors (Lipinski definition) is 7. The number of carbonyl (C=O) groups is 2. The van der Waals surface area contributed by atoms with Crippen molar-refractivity contribution in [2.45, 2.75) is 32.2 Å². The molecule has 9 heteroatoms. The topological polar surface area (TPSA) is 94.4 Å². The molecule has 0 radical (unpaired) electrons. The lowest BCUT2D eigenvalue weighted by molar-refractivity contribution is -0.121. The molecule has 2 aliphatic rings. The lowest BCUT2D eigenvalue weighted by atomic mass is 9.97. The number of Topliss-reactive ketones (excluding diaryl/α,β-unsaturated/α-hetero) is 1. The predicted molar refractivity (Wildman–Crippen MR) is 117 cm³/mol. The normalized spacial score (nSPS) is 15.4. The van der Waals surface area contributed by atoms with Crippen molar-refractivity contribution in [1.29, 1.82) is 0 Å². The molecule has 0 saturated carbocycles. The van der Waals surface area contributed by atoms with E-state index in [9.17, 15) is 14.4 Å². The maximum Gasteiger partial charge on any atom is 0.279 e. The van der Waals surface area contributed by atoms with Crippen LogP contribution >= 0.6 is 11.3 Å². The lowest BCUT2D eigenvalue weighted by Gasteiger charge is -2.28. The van der Waals surface area contributed by atoms with Crippen LogP contribution in [-0.4, -0.2) is 39.8 Å². The fourth-order valence-electron chi connectivity index (χ4n) is 4.14. The fourth-order valence-corrected chi connectivity index (χ4v) is 5.34. The quantitative estimate of drug-likeness (QED) is 0.451. The summed E-state index contributed by atoms with van der Waals surface area (Å²) in [5, 5.41) is 8.81. The van der Waals surface area contributed by atoms with Gasteiger partial charge in [-0.25, -0.2) is 4.68 Å². The van der Waals surface area contributed by atoms with E-state index in [-0.39, 0.29) is 30.4 Å². The number of rotatable bonds is 5. The zero-order valence-electron chi connectivity index (χ0n) is 16.8. The van der Waals surface area contributed by atoms with Crippen molar-refractivity contribution >= 4 is 38.9 Å². The summed E-state index contributed by atoms with van der Waals surface area (Å²) in [5.41, 5.74) is 1.68. The first kappa shape index (κ1) is 19.6. The Balaban J connectivity index is 1.48. The standard InChI is InChI=1S/C22H20N4O4S/c1-2-9-25-15-10-13(7-8-17(15)30-12-19(25)28)16(27)11-26-22(29)20-14-5-3-4-6-18(14)31-21(20)23-24-26/h2,7-8,10H,1,3-6,9,11-12H2. The number of thiophene rings is 1. The molecule has 0 saturated heterocycles. The molecule has 0 fully saturated rings. The van der Waals surface area contributed by atoms with Gasteiger partial charge in [-0.1, -0.05) is 11.3 Å². The number of carbonyl (C=O) groups excluding carboxylic acids is 2. The first-order chi connectivity index (χ1) is 15.1. The van der Waals surface area contributed by atoms with Crippen LogP contribution in [0.2, 0.25) is 0 Å². The highest BCUT2D eigenvalue weighted by Gasteiger charge is 2.26. The van der Waals surface area contributed by atoms with Crippen LogP contribution in [0.1, 0.15) is 33.6 Å². The Hall–Kier alpha value is -3.33. The van der Waals surface area contributed by atoms with Crippen LogP contribution in [0.15, 0.2) is 35.6 Å². The number of amides is 1. The molecule has 8 nitrogen and oxygen atoms in total. The Morgan fingerprint density at radius 2 is 2.10 bits per heavy atom. The zero-order chi connectivity index (χ0) is 21.5. The van der Waals surface area contributed by atoms with E-state index in [1.54, 1.807) is 24.3 Å². The molecule has 1 aliphatic carbocycles.